The largest absolute Gasteiger partial charge is 0.391 e. The van der Waals surface area contributed by atoms with Crippen LogP contribution in [0.3, 0.4) is 0 Å². The minimum Gasteiger partial charge on any atom is -0.339 e. The lowest BCUT2D eigenvalue weighted by molar-refractivity contribution is -0.186. The average molecular weight is 275 g/mol. The molecule has 1 amide bonds. The van der Waals surface area contributed by atoms with Crippen molar-refractivity contribution in [3.63, 3.8) is 0 Å². The van der Waals surface area contributed by atoms with E-state index in [0.717, 1.165) is 13.0 Å². The van der Waals surface area contributed by atoms with Gasteiger partial charge in [-0.05, 0) is 44.4 Å². The zero-order chi connectivity index (χ0) is 13.6. The summed E-state index contributed by atoms with van der Waals surface area (Å²) in [6, 6.07) is 0.410. The topological polar surface area (TPSA) is 20.3 Å². The van der Waals surface area contributed by atoms with Gasteiger partial charge in [-0.1, -0.05) is 6.42 Å². The number of hydrogen-bond donors (Lipinski definition) is 0. The molecule has 0 aromatic rings. The molecule has 1 aliphatic heterocycles. The summed E-state index contributed by atoms with van der Waals surface area (Å²) in [4.78, 5) is 14.3. The van der Waals surface area contributed by atoms with Crippen LogP contribution in [0.5, 0.6) is 0 Å². The van der Waals surface area contributed by atoms with Crippen molar-refractivity contribution < 1.29 is 18.0 Å². The molecule has 2 nitrogen and oxygen atoms in total. The van der Waals surface area contributed by atoms with Crippen LogP contribution >= 0.6 is 0 Å². The van der Waals surface area contributed by atoms with Gasteiger partial charge in [0.1, 0.15) is 0 Å². The van der Waals surface area contributed by atoms with E-state index in [9.17, 15) is 18.0 Å². The number of alkyl halides is 3. The van der Waals surface area contributed by atoms with Crippen LogP contribution < -0.4 is 0 Å². The molecular weight excluding hydrogens is 255 g/mol. The summed E-state index contributed by atoms with van der Waals surface area (Å²) >= 11 is 0. The molecule has 2 saturated carbocycles. The predicted molar refractivity (Wildman–Crippen MR) is 64.3 cm³/mol. The molecule has 1 heterocycles. The van der Waals surface area contributed by atoms with Crippen LogP contribution in [0, 0.1) is 17.8 Å². The third-order valence-corrected chi connectivity index (χ3v) is 5.27. The summed E-state index contributed by atoms with van der Waals surface area (Å²) in [7, 11) is 0. The molecular formula is C14H20F3NO. The van der Waals surface area contributed by atoms with Gasteiger partial charge in [0, 0.05) is 18.5 Å². The van der Waals surface area contributed by atoms with Crippen molar-refractivity contribution in [2.24, 2.45) is 17.8 Å². The number of hydrogen-bond acceptors (Lipinski definition) is 1. The van der Waals surface area contributed by atoms with Crippen molar-refractivity contribution in [3.8, 4) is 0 Å². The van der Waals surface area contributed by atoms with Crippen molar-refractivity contribution in [2.75, 3.05) is 6.54 Å². The van der Waals surface area contributed by atoms with Gasteiger partial charge in [0.05, 0.1) is 5.92 Å². The van der Waals surface area contributed by atoms with E-state index in [1.165, 1.54) is 12.8 Å². The van der Waals surface area contributed by atoms with E-state index in [1.54, 1.807) is 0 Å². The van der Waals surface area contributed by atoms with Gasteiger partial charge in [0.2, 0.25) is 5.91 Å². The van der Waals surface area contributed by atoms with Gasteiger partial charge in [0.25, 0.3) is 0 Å². The van der Waals surface area contributed by atoms with E-state index in [0.29, 0.717) is 24.8 Å². The molecule has 0 bridgehead atoms. The molecule has 108 valence electrons. The highest BCUT2D eigenvalue weighted by Gasteiger charge is 2.48. The average Bonchev–Trinajstić information content (AvgIpc) is 2.70. The zero-order valence-corrected chi connectivity index (χ0v) is 11.0. The number of rotatable bonds is 1. The normalized spacial score (nSPS) is 38.8. The first-order valence-electron chi connectivity index (χ1n) is 7.34. The van der Waals surface area contributed by atoms with Crippen LogP contribution in [0.1, 0.15) is 44.9 Å². The molecule has 0 radical (unpaired) electrons. The van der Waals surface area contributed by atoms with Crippen LogP contribution in [-0.2, 0) is 4.79 Å². The van der Waals surface area contributed by atoms with Crippen LogP contribution in [0.25, 0.3) is 0 Å². The van der Waals surface area contributed by atoms with E-state index < -0.39 is 12.1 Å². The summed E-state index contributed by atoms with van der Waals surface area (Å²) in [5.74, 6) is -0.536. The van der Waals surface area contributed by atoms with Gasteiger partial charge in [-0.2, -0.15) is 13.2 Å². The second kappa shape index (κ2) is 4.67. The van der Waals surface area contributed by atoms with E-state index in [-0.39, 0.29) is 24.7 Å². The Labute approximate surface area is 111 Å². The fraction of sp³-hybridized carbons (Fsp3) is 0.929. The summed E-state index contributed by atoms with van der Waals surface area (Å²) in [6.45, 7) is 0.850. The Morgan fingerprint density at radius 1 is 1.00 bits per heavy atom. The molecule has 0 aromatic carbocycles. The zero-order valence-electron chi connectivity index (χ0n) is 11.0. The maximum absolute atomic E-state index is 12.6. The Kier molecular flexibility index (Phi) is 3.26. The molecule has 5 heteroatoms. The number of fused-ring (bicyclic) bond motifs is 1. The van der Waals surface area contributed by atoms with Gasteiger partial charge in [-0.15, -0.1) is 0 Å². The smallest absolute Gasteiger partial charge is 0.339 e. The summed E-state index contributed by atoms with van der Waals surface area (Å²) in [5, 5.41) is 0. The molecule has 3 fully saturated rings. The van der Waals surface area contributed by atoms with Gasteiger partial charge >= 0.3 is 6.18 Å². The lowest BCUT2D eigenvalue weighted by Gasteiger charge is -2.46. The Balaban J connectivity index is 1.53. The summed E-state index contributed by atoms with van der Waals surface area (Å²) in [5.41, 5.74) is 0. The first-order valence-corrected chi connectivity index (χ1v) is 7.34. The van der Waals surface area contributed by atoms with Crippen molar-refractivity contribution >= 4 is 5.91 Å². The van der Waals surface area contributed by atoms with E-state index in [1.807, 2.05) is 4.90 Å². The second-order valence-electron chi connectivity index (χ2n) is 6.34. The third-order valence-electron chi connectivity index (χ3n) is 5.27. The first-order chi connectivity index (χ1) is 8.97. The first kappa shape index (κ1) is 13.3. The Hall–Kier alpha value is -0.740. The Bertz CT molecular complexity index is 360. The monoisotopic (exact) mass is 275 g/mol. The number of carbonyl (C=O) groups is 1. The minimum absolute atomic E-state index is 0.127. The Morgan fingerprint density at radius 2 is 1.68 bits per heavy atom. The molecule has 2 unspecified atom stereocenters. The Morgan fingerprint density at radius 3 is 2.26 bits per heavy atom. The van der Waals surface area contributed by atoms with E-state index >= 15 is 0 Å². The molecule has 2 atom stereocenters. The standard InChI is InChI=1S/C14H20F3NO/c15-14(16,17)11-6-4-9(5-7-11)13(19)18-8-10-2-1-3-12(10)18/h9-12H,1-8H2. The molecule has 3 rings (SSSR count). The predicted octanol–water partition coefficient (Wildman–Crippen LogP) is 3.37. The molecule has 19 heavy (non-hydrogen) atoms. The van der Waals surface area contributed by atoms with Gasteiger partial charge < -0.3 is 4.90 Å². The summed E-state index contributed by atoms with van der Waals surface area (Å²) < 4.78 is 37.8. The van der Waals surface area contributed by atoms with Gasteiger partial charge in [-0.3, -0.25) is 4.79 Å². The maximum Gasteiger partial charge on any atom is 0.391 e. The SMILES string of the molecule is O=C(C1CCC(C(F)(F)F)CC1)N1CC2CCCC21. The van der Waals surface area contributed by atoms with Crippen molar-refractivity contribution in [1.29, 1.82) is 0 Å². The molecule has 0 aromatic heterocycles. The minimum atomic E-state index is -4.08. The number of halogens is 3. The second-order valence-corrected chi connectivity index (χ2v) is 6.34. The van der Waals surface area contributed by atoms with E-state index in [2.05, 4.69) is 0 Å². The highest BCUT2D eigenvalue weighted by Crippen LogP contribution is 2.43. The van der Waals surface area contributed by atoms with Crippen molar-refractivity contribution in [2.45, 2.75) is 57.2 Å². The maximum atomic E-state index is 12.6. The summed E-state index contributed by atoms with van der Waals surface area (Å²) in [6.07, 6.45) is 0.502. The quantitative estimate of drug-likeness (QED) is 0.718. The highest BCUT2D eigenvalue weighted by atomic mass is 19.4. The van der Waals surface area contributed by atoms with Crippen molar-refractivity contribution in [3.05, 3.63) is 0 Å². The van der Waals surface area contributed by atoms with Gasteiger partial charge in [-0.25, -0.2) is 0 Å². The van der Waals surface area contributed by atoms with Crippen LogP contribution in [0.2, 0.25) is 0 Å². The lowest BCUT2D eigenvalue weighted by atomic mass is 9.79. The highest BCUT2D eigenvalue weighted by molar-refractivity contribution is 5.80. The van der Waals surface area contributed by atoms with Gasteiger partial charge in [0.15, 0.2) is 0 Å². The fourth-order valence-corrected chi connectivity index (χ4v) is 4.05. The van der Waals surface area contributed by atoms with Crippen LogP contribution in [0.4, 0.5) is 13.2 Å². The molecule has 0 spiro atoms. The third kappa shape index (κ3) is 2.36. The molecule has 1 saturated heterocycles. The number of amides is 1. The lowest BCUT2D eigenvalue weighted by Crippen LogP contribution is -2.57. The number of likely N-dealkylation sites (tertiary alicyclic amines) is 1. The van der Waals surface area contributed by atoms with E-state index in [4.69, 9.17) is 0 Å². The number of carbonyl (C=O) groups excluding carboxylic acids is 1. The number of nitrogens with zero attached hydrogens (tertiary/aromatic N) is 1. The molecule has 0 N–H and O–H groups in total. The fourth-order valence-electron chi connectivity index (χ4n) is 4.05. The van der Waals surface area contributed by atoms with Crippen LogP contribution in [-0.4, -0.2) is 29.6 Å². The van der Waals surface area contributed by atoms with Crippen molar-refractivity contribution in [1.82, 2.24) is 4.90 Å². The van der Waals surface area contributed by atoms with Crippen LogP contribution in [0.15, 0.2) is 0 Å². The molecule has 3 aliphatic rings. The molecule has 2 aliphatic carbocycles.